The van der Waals surface area contributed by atoms with Crippen molar-refractivity contribution < 1.29 is 22.8 Å². The van der Waals surface area contributed by atoms with E-state index in [0.717, 1.165) is 6.07 Å². The summed E-state index contributed by atoms with van der Waals surface area (Å²) < 4.78 is 38.9. The Balaban J connectivity index is 2.05. The van der Waals surface area contributed by atoms with Gasteiger partial charge in [0, 0.05) is 10.0 Å². The van der Waals surface area contributed by atoms with Crippen molar-refractivity contribution in [1.29, 1.82) is 0 Å². The first-order valence-electron chi connectivity index (χ1n) is 6.77. The van der Waals surface area contributed by atoms with Gasteiger partial charge in [0.05, 0.1) is 21.8 Å². The largest absolute Gasteiger partial charge is 0.418 e. The number of anilines is 1. The lowest BCUT2D eigenvalue weighted by atomic mass is 10.1. The molecule has 3 amide bonds. The summed E-state index contributed by atoms with van der Waals surface area (Å²) in [5.41, 5.74) is 2.29. The lowest BCUT2D eigenvalue weighted by Crippen LogP contribution is -2.44. The summed E-state index contributed by atoms with van der Waals surface area (Å²) in [5, 5.41) is 2.17. The van der Waals surface area contributed by atoms with Crippen molar-refractivity contribution >= 4 is 52.4 Å². The van der Waals surface area contributed by atoms with Gasteiger partial charge in [-0.2, -0.15) is 13.2 Å². The molecule has 0 radical (unpaired) electrons. The first-order valence-corrected chi connectivity index (χ1v) is 7.90. The molecule has 2 aromatic carbocycles. The minimum atomic E-state index is -4.73. The molecule has 0 aliphatic heterocycles. The van der Waals surface area contributed by atoms with Crippen molar-refractivity contribution in [2.24, 2.45) is 0 Å². The highest BCUT2D eigenvalue weighted by molar-refractivity contribution is 6.36. The van der Waals surface area contributed by atoms with Crippen molar-refractivity contribution in [2.75, 3.05) is 5.32 Å². The second-order valence-electron chi connectivity index (χ2n) is 4.85. The van der Waals surface area contributed by atoms with E-state index in [2.05, 4.69) is 0 Å². The van der Waals surface area contributed by atoms with Crippen LogP contribution in [-0.4, -0.2) is 11.9 Å². The van der Waals surface area contributed by atoms with E-state index in [0.29, 0.717) is 11.1 Å². The normalized spacial score (nSPS) is 11.0. The van der Waals surface area contributed by atoms with E-state index >= 15 is 0 Å². The molecule has 11 heteroatoms. The molecule has 5 nitrogen and oxygen atoms in total. The van der Waals surface area contributed by atoms with Gasteiger partial charge in [0.1, 0.15) is 0 Å². The molecule has 0 saturated carbocycles. The molecule has 0 fully saturated rings. The Morgan fingerprint density at radius 2 is 1.50 bits per heavy atom. The number of carbonyl (C=O) groups excluding carboxylic acids is 2. The highest BCUT2D eigenvalue weighted by atomic mass is 35.5. The zero-order valence-corrected chi connectivity index (χ0v) is 14.8. The maximum atomic E-state index is 13.0. The third-order valence-corrected chi connectivity index (χ3v) is 3.78. The van der Waals surface area contributed by atoms with Crippen LogP contribution in [0.15, 0.2) is 36.4 Å². The Morgan fingerprint density at radius 1 is 0.885 bits per heavy atom. The summed E-state index contributed by atoms with van der Waals surface area (Å²) >= 11 is 17.1. The number of hydrazine groups is 1. The standard InChI is InChI=1S/C15H9Cl3F3N3O2/c16-7-2-4-12(10(5-7)15(19,20)21)22-14(26)24-23-13(25)9-3-1-8(17)6-11(9)18/h1-6H,(H,23,25)(H2,22,24,26). The van der Waals surface area contributed by atoms with E-state index < -0.39 is 29.4 Å². The molecule has 26 heavy (non-hydrogen) atoms. The molecule has 0 saturated heterocycles. The van der Waals surface area contributed by atoms with Crippen LogP contribution in [0.5, 0.6) is 0 Å². The van der Waals surface area contributed by atoms with Gasteiger partial charge in [0.15, 0.2) is 0 Å². The lowest BCUT2D eigenvalue weighted by Gasteiger charge is -2.15. The summed E-state index contributed by atoms with van der Waals surface area (Å²) in [6.07, 6.45) is -4.73. The molecule has 0 spiro atoms. The van der Waals surface area contributed by atoms with Gasteiger partial charge < -0.3 is 5.32 Å². The van der Waals surface area contributed by atoms with Gasteiger partial charge in [-0.15, -0.1) is 0 Å². The van der Waals surface area contributed by atoms with Crippen LogP contribution in [0.1, 0.15) is 15.9 Å². The maximum absolute atomic E-state index is 13.0. The third kappa shape index (κ3) is 5.17. The zero-order valence-electron chi connectivity index (χ0n) is 12.5. The number of hydrogen-bond acceptors (Lipinski definition) is 2. The van der Waals surface area contributed by atoms with Crippen LogP contribution in [0, 0.1) is 0 Å². The van der Waals surface area contributed by atoms with Gasteiger partial charge in [-0.3, -0.25) is 10.2 Å². The van der Waals surface area contributed by atoms with Gasteiger partial charge in [0.25, 0.3) is 5.91 Å². The Bertz CT molecular complexity index is 860. The van der Waals surface area contributed by atoms with Crippen molar-refractivity contribution in [3.63, 3.8) is 0 Å². The van der Waals surface area contributed by atoms with Gasteiger partial charge in [-0.1, -0.05) is 34.8 Å². The Labute approximate surface area is 160 Å². The number of amides is 3. The van der Waals surface area contributed by atoms with Crippen LogP contribution >= 0.6 is 34.8 Å². The number of halogens is 6. The summed E-state index contributed by atoms with van der Waals surface area (Å²) in [6, 6.07) is 5.79. The molecular weight excluding hydrogens is 418 g/mol. The number of benzene rings is 2. The fourth-order valence-corrected chi connectivity index (χ4v) is 2.53. The average molecular weight is 427 g/mol. The quantitative estimate of drug-likeness (QED) is 0.583. The zero-order chi connectivity index (χ0) is 19.5. The van der Waals surface area contributed by atoms with Crippen molar-refractivity contribution in [3.8, 4) is 0 Å². The van der Waals surface area contributed by atoms with Crippen molar-refractivity contribution in [1.82, 2.24) is 10.9 Å². The summed E-state index contributed by atoms with van der Waals surface area (Å²) in [5.74, 6) is -0.783. The van der Waals surface area contributed by atoms with Crippen LogP contribution < -0.4 is 16.2 Å². The van der Waals surface area contributed by atoms with E-state index in [4.69, 9.17) is 34.8 Å². The summed E-state index contributed by atoms with van der Waals surface area (Å²) in [7, 11) is 0. The van der Waals surface area contributed by atoms with Gasteiger partial charge in [0.2, 0.25) is 0 Å². The van der Waals surface area contributed by atoms with Gasteiger partial charge >= 0.3 is 12.2 Å². The minimum absolute atomic E-state index is 0.0128. The number of nitrogens with one attached hydrogen (secondary N) is 3. The monoisotopic (exact) mass is 425 g/mol. The van der Waals surface area contributed by atoms with Gasteiger partial charge in [-0.05, 0) is 36.4 Å². The third-order valence-electron chi connectivity index (χ3n) is 3.00. The molecular formula is C15H9Cl3F3N3O2. The molecule has 0 aliphatic carbocycles. The fourth-order valence-electron chi connectivity index (χ4n) is 1.87. The van der Waals surface area contributed by atoms with E-state index in [-0.39, 0.29) is 15.6 Å². The van der Waals surface area contributed by atoms with E-state index in [1.165, 1.54) is 24.3 Å². The van der Waals surface area contributed by atoms with Crippen LogP contribution in [0.2, 0.25) is 15.1 Å². The molecule has 2 rings (SSSR count). The molecule has 0 bridgehead atoms. The number of urea groups is 1. The second kappa shape index (κ2) is 8.03. The van der Waals surface area contributed by atoms with Crippen molar-refractivity contribution in [3.05, 3.63) is 62.6 Å². The molecule has 0 heterocycles. The van der Waals surface area contributed by atoms with E-state index in [1.807, 2.05) is 16.2 Å². The predicted octanol–water partition coefficient (Wildman–Crippen LogP) is 5.13. The predicted molar refractivity (Wildman–Crippen MR) is 92.5 cm³/mol. The molecule has 0 atom stereocenters. The highest BCUT2D eigenvalue weighted by Gasteiger charge is 2.34. The molecule has 0 unspecified atom stereocenters. The average Bonchev–Trinajstić information content (AvgIpc) is 2.53. The van der Waals surface area contributed by atoms with Crippen LogP contribution in [0.4, 0.5) is 23.7 Å². The van der Waals surface area contributed by atoms with Crippen LogP contribution in [-0.2, 0) is 6.18 Å². The smallest absolute Gasteiger partial charge is 0.306 e. The Kier molecular flexibility index (Phi) is 6.22. The fraction of sp³-hybridized carbons (Fsp3) is 0.0667. The Morgan fingerprint density at radius 3 is 2.12 bits per heavy atom. The summed E-state index contributed by atoms with van der Waals surface area (Å²) in [6.45, 7) is 0. The van der Waals surface area contributed by atoms with Crippen LogP contribution in [0.25, 0.3) is 0 Å². The second-order valence-corrected chi connectivity index (χ2v) is 6.13. The number of carbonyl (C=O) groups is 2. The topological polar surface area (TPSA) is 70.2 Å². The highest BCUT2D eigenvalue weighted by Crippen LogP contribution is 2.36. The lowest BCUT2D eigenvalue weighted by molar-refractivity contribution is -0.136. The minimum Gasteiger partial charge on any atom is -0.306 e. The number of hydrogen-bond donors (Lipinski definition) is 3. The SMILES string of the molecule is O=C(NNC(=O)c1ccc(Cl)cc1Cl)Nc1ccc(Cl)cc1C(F)(F)F. The van der Waals surface area contributed by atoms with Crippen LogP contribution in [0.3, 0.4) is 0 Å². The van der Waals surface area contributed by atoms with Gasteiger partial charge in [-0.25, -0.2) is 10.2 Å². The molecule has 138 valence electrons. The number of rotatable bonds is 2. The van der Waals surface area contributed by atoms with E-state index in [9.17, 15) is 22.8 Å². The number of alkyl halides is 3. The Hall–Kier alpha value is -2.16. The first kappa shape index (κ1) is 20.2. The first-order chi connectivity index (χ1) is 12.1. The van der Waals surface area contributed by atoms with E-state index in [1.54, 1.807) is 0 Å². The molecule has 2 aromatic rings. The van der Waals surface area contributed by atoms with Crippen molar-refractivity contribution in [2.45, 2.75) is 6.18 Å². The molecule has 3 N–H and O–H groups in total. The maximum Gasteiger partial charge on any atom is 0.418 e. The molecule has 0 aliphatic rings. The molecule has 0 aromatic heterocycles. The summed E-state index contributed by atoms with van der Waals surface area (Å²) in [4.78, 5) is 23.7.